The average Bonchev–Trinajstić information content (AvgIpc) is 3.05. The van der Waals surface area contributed by atoms with Crippen LogP contribution in [-0.2, 0) is 25.7 Å². The molecule has 152 valence electrons. The first kappa shape index (κ1) is 20.6. The second-order valence-electron chi connectivity index (χ2n) is 7.58. The number of anilines is 1. The van der Waals surface area contributed by atoms with E-state index in [-0.39, 0.29) is 18.9 Å². The number of carbonyl (C=O) groups is 3. The monoisotopic (exact) mass is 394 g/mol. The molecule has 0 radical (unpaired) electrons. The third-order valence-electron chi connectivity index (χ3n) is 5.13. The molecule has 1 aliphatic rings. The van der Waals surface area contributed by atoms with E-state index in [9.17, 15) is 14.4 Å². The van der Waals surface area contributed by atoms with Crippen LogP contribution in [0.4, 0.5) is 5.69 Å². The highest BCUT2D eigenvalue weighted by molar-refractivity contribution is 5.95. The quantitative estimate of drug-likeness (QED) is 0.764. The third kappa shape index (κ3) is 5.22. The molecule has 1 aliphatic heterocycles. The lowest BCUT2D eigenvalue weighted by molar-refractivity contribution is -0.151. The van der Waals surface area contributed by atoms with E-state index in [0.29, 0.717) is 13.1 Å². The normalized spacial score (nSPS) is 16.0. The van der Waals surface area contributed by atoms with Gasteiger partial charge in [0.1, 0.15) is 0 Å². The molecule has 0 bridgehead atoms. The number of esters is 1. The Bertz CT molecular complexity index is 901. The molecule has 2 aromatic carbocycles. The van der Waals surface area contributed by atoms with E-state index in [1.54, 1.807) is 4.90 Å². The smallest absolute Gasteiger partial charge is 0.311 e. The van der Waals surface area contributed by atoms with Crippen molar-refractivity contribution in [2.24, 2.45) is 5.92 Å². The Kier molecular flexibility index (Phi) is 6.32. The highest BCUT2D eigenvalue weighted by Crippen LogP contribution is 2.22. The van der Waals surface area contributed by atoms with Gasteiger partial charge in [-0.25, -0.2) is 0 Å². The van der Waals surface area contributed by atoms with Crippen LogP contribution in [0.15, 0.2) is 42.5 Å². The van der Waals surface area contributed by atoms with Crippen LogP contribution in [0.3, 0.4) is 0 Å². The summed E-state index contributed by atoms with van der Waals surface area (Å²) in [5.41, 5.74) is 4.79. The maximum atomic E-state index is 12.3. The second kappa shape index (κ2) is 8.90. The summed E-state index contributed by atoms with van der Waals surface area (Å²) in [6.45, 7) is 6.23. The molecular formula is C23H26N2O4. The van der Waals surface area contributed by atoms with Gasteiger partial charge in [0, 0.05) is 25.2 Å². The number of carbonyl (C=O) groups excluding carboxylic acids is 3. The zero-order chi connectivity index (χ0) is 21.0. The van der Waals surface area contributed by atoms with E-state index < -0.39 is 17.8 Å². The molecule has 0 spiro atoms. The molecule has 2 aromatic rings. The lowest BCUT2D eigenvalue weighted by Crippen LogP contribution is -2.28. The second-order valence-corrected chi connectivity index (χ2v) is 7.58. The molecule has 0 aliphatic carbocycles. The molecule has 6 heteroatoms. The van der Waals surface area contributed by atoms with E-state index in [0.717, 1.165) is 27.9 Å². The van der Waals surface area contributed by atoms with Gasteiger partial charge < -0.3 is 15.0 Å². The van der Waals surface area contributed by atoms with Crippen LogP contribution in [0, 0.1) is 26.7 Å². The molecule has 1 saturated heterocycles. The van der Waals surface area contributed by atoms with Crippen molar-refractivity contribution in [3.63, 3.8) is 0 Å². The molecule has 3 rings (SSSR count). The summed E-state index contributed by atoms with van der Waals surface area (Å²) in [7, 11) is 0. The number of nitrogens with one attached hydrogen (secondary N) is 1. The number of hydrogen-bond donors (Lipinski definition) is 1. The Hall–Kier alpha value is -3.15. The van der Waals surface area contributed by atoms with Crippen molar-refractivity contribution in [3.05, 3.63) is 64.7 Å². The summed E-state index contributed by atoms with van der Waals surface area (Å²) in [6, 6.07) is 13.7. The summed E-state index contributed by atoms with van der Waals surface area (Å²) in [4.78, 5) is 38.4. The number of benzene rings is 2. The van der Waals surface area contributed by atoms with Gasteiger partial charge in [0.25, 0.3) is 5.91 Å². The number of ether oxygens (including phenoxy) is 1. The number of aryl methyl sites for hydroxylation is 3. The summed E-state index contributed by atoms with van der Waals surface area (Å²) in [5, 5.41) is 2.79. The minimum absolute atomic E-state index is 0.0764. The molecule has 1 N–H and O–H groups in total. The molecule has 0 aromatic heterocycles. The highest BCUT2D eigenvalue weighted by Gasteiger charge is 2.35. The summed E-state index contributed by atoms with van der Waals surface area (Å²) in [6.07, 6.45) is 0.114. The van der Waals surface area contributed by atoms with Crippen molar-refractivity contribution in [2.45, 2.75) is 33.7 Å². The van der Waals surface area contributed by atoms with E-state index in [4.69, 9.17) is 4.74 Å². The van der Waals surface area contributed by atoms with Gasteiger partial charge in [0.15, 0.2) is 6.61 Å². The van der Waals surface area contributed by atoms with Gasteiger partial charge in [-0.1, -0.05) is 48.0 Å². The van der Waals surface area contributed by atoms with Crippen LogP contribution >= 0.6 is 0 Å². The lowest BCUT2D eigenvalue weighted by Gasteiger charge is -2.16. The number of hydrogen-bond acceptors (Lipinski definition) is 4. The molecule has 2 amide bonds. The maximum absolute atomic E-state index is 12.3. The standard InChI is InChI=1S/C23H26N2O4/c1-15-7-9-18(10-8-15)12-25-13-19(11-21(25)27)23(28)29-14-20(26)24-22-16(2)5-4-6-17(22)3/h4-10,19H,11-14H2,1-3H3,(H,24,26)/t19-/m0/s1. The molecule has 29 heavy (non-hydrogen) atoms. The largest absolute Gasteiger partial charge is 0.455 e. The Morgan fingerprint density at radius 3 is 2.38 bits per heavy atom. The zero-order valence-electron chi connectivity index (χ0n) is 17.0. The Labute approximate surface area is 170 Å². The minimum atomic E-state index is -0.541. The first-order valence-corrected chi connectivity index (χ1v) is 9.69. The van der Waals surface area contributed by atoms with Gasteiger partial charge in [-0.05, 0) is 37.5 Å². The van der Waals surface area contributed by atoms with Crippen LogP contribution in [0.25, 0.3) is 0 Å². The van der Waals surface area contributed by atoms with Gasteiger partial charge in [-0.2, -0.15) is 0 Å². The highest BCUT2D eigenvalue weighted by atomic mass is 16.5. The van der Waals surface area contributed by atoms with Crippen LogP contribution in [0.2, 0.25) is 0 Å². The number of likely N-dealkylation sites (tertiary alicyclic amines) is 1. The molecule has 6 nitrogen and oxygen atoms in total. The van der Waals surface area contributed by atoms with Crippen molar-refractivity contribution >= 4 is 23.5 Å². The Morgan fingerprint density at radius 1 is 1.07 bits per heavy atom. The van der Waals surface area contributed by atoms with Crippen molar-refractivity contribution in [2.75, 3.05) is 18.5 Å². The van der Waals surface area contributed by atoms with Gasteiger partial charge in [-0.3, -0.25) is 14.4 Å². The van der Waals surface area contributed by atoms with E-state index in [2.05, 4.69) is 5.32 Å². The van der Waals surface area contributed by atoms with Gasteiger partial charge in [0.2, 0.25) is 5.91 Å². The van der Waals surface area contributed by atoms with Crippen LogP contribution < -0.4 is 5.32 Å². The van der Waals surface area contributed by atoms with Crippen molar-refractivity contribution < 1.29 is 19.1 Å². The molecule has 1 heterocycles. The van der Waals surface area contributed by atoms with Gasteiger partial charge in [-0.15, -0.1) is 0 Å². The molecule has 1 fully saturated rings. The first-order valence-electron chi connectivity index (χ1n) is 9.69. The predicted octanol–water partition coefficient (Wildman–Crippen LogP) is 3.14. The van der Waals surface area contributed by atoms with Gasteiger partial charge in [0.05, 0.1) is 5.92 Å². The van der Waals surface area contributed by atoms with E-state index >= 15 is 0 Å². The van der Waals surface area contributed by atoms with Crippen LogP contribution in [0.5, 0.6) is 0 Å². The van der Waals surface area contributed by atoms with Crippen LogP contribution in [-0.4, -0.2) is 35.8 Å². The van der Waals surface area contributed by atoms with Crippen molar-refractivity contribution in [1.29, 1.82) is 0 Å². The fourth-order valence-corrected chi connectivity index (χ4v) is 3.44. The fourth-order valence-electron chi connectivity index (χ4n) is 3.44. The third-order valence-corrected chi connectivity index (χ3v) is 5.13. The number of para-hydroxylation sites is 1. The van der Waals surface area contributed by atoms with Crippen LogP contribution in [0.1, 0.15) is 28.7 Å². The molecular weight excluding hydrogens is 368 g/mol. The van der Waals surface area contributed by atoms with E-state index in [1.165, 1.54) is 0 Å². The van der Waals surface area contributed by atoms with Crippen molar-refractivity contribution in [3.8, 4) is 0 Å². The average molecular weight is 394 g/mol. The van der Waals surface area contributed by atoms with Gasteiger partial charge >= 0.3 is 5.97 Å². The Balaban J connectivity index is 1.50. The number of rotatable bonds is 6. The SMILES string of the molecule is Cc1ccc(CN2C[C@@H](C(=O)OCC(=O)Nc3c(C)cccc3C)CC2=O)cc1. The number of nitrogens with zero attached hydrogens (tertiary/aromatic N) is 1. The minimum Gasteiger partial charge on any atom is -0.455 e. The zero-order valence-corrected chi connectivity index (χ0v) is 17.0. The fraction of sp³-hybridized carbons (Fsp3) is 0.348. The molecule has 0 unspecified atom stereocenters. The summed E-state index contributed by atoms with van der Waals surface area (Å²) in [5.74, 6) is -1.52. The number of amides is 2. The van der Waals surface area contributed by atoms with E-state index in [1.807, 2.05) is 63.2 Å². The summed E-state index contributed by atoms with van der Waals surface area (Å²) >= 11 is 0. The predicted molar refractivity (Wildman–Crippen MR) is 110 cm³/mol. The maximum Gasteiger partial charge on any atom is 0.311 e. The molecule has 0 saturated carbocycles. The lowest BCUT2D eigenvalue weighted by atomic mass is 10.1. The molecule has 1 atom stereocenters. The summed E-state index contributed by atoms with van der Waals surface area (Å²) < 4.78 is 5.17. The topological polar surface area (TPSA) is 75.7 Å². The Morgan fingerprint density at radius 2 is 1.72 bits per heavy atom. The first-order chi connectivity index (χ1) is 13.8. The van der Waals surface area contributed by atoms with Crippen molar-refractivity contribution in [1.82, 2.24) is 4.90 Å².